The summed E-state index contributed by atoms with van der Waals surface area (Å²) in [7, 11) is 0. The van der Waals surface area contributed by atoms with Crippen LogP contribution in [0.2, 0.25) is 0 Å². The van der Waals surface area contributed by atoms with Crippen LogP contribution in [0.5, 0.6) is 0 Å². The van der Waals surface area contributed by atoms with Gasteiger partial charge in [-0.2, -0.15) is 0 Å². The second-order valence-corrected chi connectivity index (χ2v) is 6.61. The minimum Gasteiger partial charge on any atom is -0.383 e. The summed E-state index contributed by atoms with van der Waals surface area (Å²) in [5.41, 5.74) is 5.25. The highest BCUT2D eigenvalue weighted by Crippen LogP contribution is 2.42. The molecule has 3 heteroatoms. The zero-order chi connectivity index (χ0) is 13.7. The summed E-state index contributed by atoms with van der Waals surface area (Å²) in [5, 5.41) is 9.88. The lowest BCUT2D eigenvalue weighted by atomic mass is 9.68. The Bertz CT molecular complexity index is 262. The lowest BCUT2D eigenvalue weighted by Crippen LogP contribution is -2.36. The number of carbonyl (C=O) groups excluding carboxylic acids is 1. The highest BCUT2D eigenvalue weighted by atomic mass is 16.3. The number of nitrogens with two attached hydrogens (primary N) is 1. The highest BCUT2D eigenvalue weighted by molar-refractivity contribution is 5.78. The van der Waals surface area contributed by atoms with Crippen LogP contribution in [-0.4, -0.2) is 17.1 Å². The van der Waals surface area contributed by atoms with Gasteiger partial charge in [-0.25, -0.2) is 0 Å². The van der Waals surface area contributed by atoms with Crippen molar-refractivity contribution in [3.05, 3.63) is 0 Å². The van der Waals surface area contributed by atoms with E-state index < -0.39 is 12.0 Å². The maximum atomic E-state index is 11.2. The summed E-state index contributed by atoms with van der Waals surface area (Å²) >= 11 is 0. The fourth-order valence-corrected chi connectivity index (χ4v) is 4.27. The molecule has 0 spiro atoms. The van der Waals surface area contributed by atoms with Gasteiger partial charge in [0.15, 0.2) is 0 Å². The van der Waals surface area contributed by atoms with E-state index in [1.165, 1.54) is 64.2 Å². The molecule has 3 N–H and O–H groups in total. The van der Waals surface area contributed by atoms with Crippen LogP contribution in [0.1, 0.15) is 70.6 Å². The number of hydrogen-bond donors (Lipinski definition) is 2. The Morgan fingerprint density at radius 3 is 1.74 bits per heavy atom. The van der Waals surface area contributed by atoms with Gasteiger partial charge in [-0.15, -0.1) is 0 Å². The second kappa shape index (κ2) is 7.28. The third-order valence-electron chi connectivity index (χ3n) is 5.33. The third-order valence-corrected chi connectivity index (χ3v) is 5.33. The molecule has 2 aliphatic rings. The van der Waals surface area contributed by atoms with Crippen LogP contribution in [0.25, 0.3) is 0 Å². The molecule has 1 unspecified atom stereocenters. The van der Waals surface area contributed by atoms with Gasteiger partial charge in [0.2, 0.25) is 5.91 Å². The van der Waals surface area contributed by atoms with Crippen molar-refractivity contribution in [2.75, 3.05) is 0 Å². The van der Waals surface area contributed by atoms with E-state index >= 15 is 0 Å². The van der Waals surface area contributed by atoms with Crippen LogP contribution >= 0.6 is 0 Å². The minimum atomic E-state index is -0.936. The molecule has 0 heterocycles. The predicted molar refractivity (Wildman–Crippen MR) is 76.5 cm³/mol. The molecular formula is C16H29NO2. The Kier molecular flexibility index (Phi) is 5.68. The number of carbonyl (C=O) groups is 1. The molecule has 0 aromatic heterocycles. The number of hydrogen-bond acceptors (Lipinski definition) is 2. The van der Waals surface area contributed by atoms with Crippen molar-refractivity contribution in [3.63, 3.8) is 0 Å². The van der Waals surface area contributed by atoms with Crippen molar-refractivity contribution < 1.29 is 9.90 Å². The molecule has 0 aliphatic heterocycles. The first-order valence-corrected chi connectivity index (χ1v) is 8.16. The van der Waals surface area contributed by atoms with Gasteiger partial charge in [-0.3, -0.25) is 4.79 Å². The van der Waals surface area contributed by atoms with E-state index in [4.69, 9.17) is 5.73 Å². The van der Waals surface area contributed by atoms with Gasteiger partial charge in [-0.05, 0) is 24.2 Å². The quantitative estimate of drug-likeness (QED) is 0.804. The van der Waals surface area contributed by atoms with E-state index in [0.717, 1.165) is 0 Å². The molecule has 2 fully saturated rings. The lowest BCUT2D eigenvalue weighted by Gasteiger charge is -2.38. The fraction of sp³-hybridized carbons (Fsp3) is 0.938. The first-order chi connectivity index (χ1) is 9.18. The summed E-state index contributed by atoms with van der Waals surface area (Å²) in [6.45, 7) is 0. The molecule has 0 aromatic rings. The van der Waals surface area contributed by atoms with E-state index in [1.54, 1.807) is 0 Å². The van der Waals surface area contributed by atoms with Crippen molar-refractivity contribution >= 4 is 5.91 Å². The van der Waals surface area contributed by atoms with Gasteiger partial charge >= 0.3 is 0 Å². The van der Waals surface area contributed by atoms with Gasteiger partial charge in [0.25, 0.3) is 0 Å². The van der Waals surface area contributed by atoms with E-state index in [9.17, 15) is 9.90 Å². The molecule has 0 bridgehead atoms. The molecule has 0 saturated heterocycles. The van der Waals surface area contributed by atoms with E-state index in [0.29, 0.717) is 24.2 Å². The monoisotopic (exact) mass is 267 g/mol. The first kappa shape index (κ1) is 14.8. The molecule has 1 amide bonds. The number of primary amides is 1. The lowest BCUT2D eigenvalue weighted by molar-refractivity contribution is -0.127. The zero-order valence-corrected chi connectivity index (χ0v) is 12.0. The Hall–Kier alpha value is -0.570. The van der Waals surface area contributed by atoms with Crippen LogP contribution in [0.15, 0.2) is 0 Å². The van der Waals surface area contributed by atoms with Crippen molar-refractivity contribution in [1.82, 2.24) is 0 Å². The van der Waals surface area contributed by atoms with Gasteiger partial charge in [0, 0.05) is 0 Å². The van der Waals surface area contributed by atoms with Crippen LogP contribution < -0.4 is 5.73 Å². The molecule has 110 valence electrons. The van der Waals surface area contributed by atoms with Gasteiger partial charge in [0.1, 0.15) is 6.10 Å². The predicted octanol–water partition coefficient (Wildman–Crippen LogP) is 3.00. The SMILES string of the molecule is NC(=O)C(O)CC(C1CCCCC1)C1CCCCC1. The Morgan fingerprint density at radius 1 is 0.947 bits per heavy atom. The molecule has 1 atom stereocenters. The Labute approximate surface area is 116 Å². The maximum Gasteiger partial charge on any atom is 0.246 e. The zero-order valence-electron chi connectivity index (χ0n) is 12.0. The van der Waals surface area contributed by atoms with Gasteiger partial charge in [-0.1, -0.05) is 64.2 Å². The van der Waals surface area contributed by atoms with Gasteiger partial charge in [0.05, 0.1) is 0 Å². The summed E-state index contributed by atoms with van der Waals surface area (Å²) in [6, 6.07) is 0. The van der Waals surface area contributed by atoms with Crippen LogP contribution in [0.4, 0.5) is 0 Å². The number of aliphatic hydroxyl groups excluding tert-OH is 1. The molecule has 2 saturated carbocycles. The molecule has 2 aliphatic carbocycles. The van der Waals surface area contributed by atoms with Crippen molar-refractivity contribution in [3.8, 4) is 0 Å². The average Bonchev–Trinajstić information content (AvgIpc) is 2.46. The Morgan fingerprint density at radius 2 is 1.37 bits per heavy atom. The summed E-state index contributed by atoms with van der Waals surface area (Å²) < 4.78 is 0. The van der Waals surface area contributed by atoms with Crippen LogP contribution in [0, 0.1) is 17.8 Å². The van der Waals surface area contributed by atoms with Crippen molar-refractivity contribution in [1.29, 1.82) is 0 Å². The molecular weight excluding hydrogens is 238 g/mol. The maximum absolute atomic E-state index is 11.2. The summed E-state index contributed by atoms with van der Waals surface area (Å²) in [6.07, 6.45) is 12.8. The Balaban J connectivity index is 2.00. The van der Waals surface area contributed by atoms with Crippen molar-refractivity contribution in [2.24, 2.45) is 23.5 Å². The molecule has 19 heavy (non-hydrogen) atoms. The average molecular weight is 267 g/mol. The molecule has 3 nitrogen and oxygen atoms in total. The number of rotatable bonds is 5. The standard InChI is InChI=1S/C16H29NO2/c17-16(19)15(18)11-14(12-7-3-1-4-8-12)13-9-5-2-6-10-13/h12-15,18H,1-11H2,(H2,17,19). The first-order valence-electron chi connectivity index (χ1n) is 8.16. The van der Waals surface area contributed by atoms with E-state index in [1.807, 2.05) is 0 Å². The minimum absolute atomic E-state index is 0.517. The summed E-state index contributed by atoms with van der Waals surface area (Å²) in [5.74, 6) is 1.40. The van der Waals surface area contributed by atoms with Gasteiger partial charge < -0.3 is 10.8 Å². The molecule has 0 radical (unpaired) electrons. The summed E-state index contributed by atoms with van der Waals surface area (Å²) in [4.78, 5) is 11.2. The normalized spacial score (nSPS) is 24.5. The topological polar surface area (TPSA) is 63.3 Å². The number of amides is 1. The largest absolute Gasteiger partial charge is 0.383 e. The molecule has 2 rings (SSSR count). The molecule has 0 aromatic carbocycles. The smallest absolute Gasteiger partial charge is 0.246 e. The van der Waals surface area contributed by atoms with E-state index in [2.05, 4.69) is 0 Å². The fourth-order valence-electron chi connectivity index (χ4n) is 4.27. The van der Waals surface area contributed by atoms with Crippen LogP contribution in [0.3, 0.4) is 0 Å². The second-order valence-electron chi connectivity index (χ2n) is 6.61. The number of aliphatic hydroxyl groups is 1. The third kappa shape index (κ3) is 4.20. The van der Waals surface area contributed by atoms with Crippen molar-refractivity contribution in [2.45, 2.75) is 76.7 Å². The highest BCUT2D eigenvalue weighted by Gasteiger charge is 2.33. The van der Waals surface area contributed by atoms with Crippen LogP contribution in [-0.2, 0) is 4.79 Å². The van der Waals surface area contributed by atoms with E-state index in [-0.39, 0.29) is 0 Å².